The molecule has 17 heavy (non-hydrogen) atoms. The Labute approximate surface area is 105 Å². The first kappa shape index (κ1) is 15.9. The number of alkyl halides is 1. The van der Waals surface area contributed by atoms with E-state index in [0.29, 0.717) is 7.18 Å². The van der Waals surface area contributed by atoms with Crippen molar-refractivity contribution in [2.24, 2.45) is 0 Å². The Kier molecular flexibility index (Phi) is 9.44. The summed E-state index contributed by atoms with van der Waals surface area (Å²) in [5.74, 6) is 0. The highest BCUT2D eigenvalue weighted by molar-refractivity contribution is 5.48. The normalized spacial score (nSPS) is 9.47. The minimum Gasteiger partial charge on any atom is -0.371 e. The van der Waals surface area contributed by atoms with E-state index in [-0.39, 0.29) is 0 Å². The quantitative estimate of drug-likeness (QED) is 0.822. The lowest BCUT2D eigenvalue weighted by atomic mass is 10.1. The Morgan fingerprint density at radius 1 is 1.24 bits per heavy atom. The Bertz CT molecular complexity index is 289. The largest absolute Gasteiger partial charge is 0.371 e. The summed E-state index contributed by atoms with van der Waals surface area (Å²) in [5.41, 5.74) is 2.75. The van der Waals surface area contributed by atoms with Crippen molar-refractivity contribution in [3.8, 4) is 0 Å². The fourth-order valence-electron chi connectivity index (χ4n) is 1.69. The van der Waals surface area contributed by atoms with Crippen molar-refractivity contribution >= 4 is 5.69 Å². The lowest BCUT2D eigenvalue weighted by Gasteiger charge is -2.23. The van der Waals surface area contributed by atoms with E-state index in [1.807, 2.05) is 7.05 Å². The second-order valence-corrected chi connectivity index (χ2v) is 3.71. The molecule has 0 saturated heterocycles. The molecule has 0 aliphatic heterocycles. The average Bonchev–Trinajstić information content (AvgIpc) is 2.42. The first-order valence-corrected chi connectivity index (χ1v) is 6.18. The zero-order valence-electron chi connectivity index (χ0n) is 11.5. The van der Waals surface area contributed by atoms with Gasteiger partial charge in [-0.05, 0) is 38.1 Å². The van der Waals surface area contributed by atoms with Gasteiger partial charge in [0, 0.05) is 25.3 Å². The van der Waals surface area contributed by atoms with Crippen LogP contribution >= 0.6 is 0 Å². The topological polar surface area (TPSA) is 15.3 Å². The number of benzene rings is 1. The molecule has 98 valence electrons. The van der Waals surface area contributed by atoms with Crippen molar-refractivity contribution in [3.05, 3.63) is 29.8 Å². The predicted molar refractivity (Wildman–Crippen MR) is 74.7 cm³/mol. The van der Waals surface area contributed by atoms with Crippen molar-refractivity contribution in [1.82, 2.24) is 5.32 Å². The van der Waals surface area contributed by atoms with Gasteiger partial charge < -0.3 is 10.2 Å². The van der Waals surface area contributed by atoms with Crippen LogP contribution in [0.1, 0.15) is 19.4 Å². The molecule has 1 aromatic carbocycles. The molecule has 0 heterocycles. The van der Waals surface area contributed by atoms with E-state index >= 15 is 0 Å². The van der Waals surface area contributed by atoms with Gasteiger partial charge in [0.25, 0.3) is 0 Å². The number of likely N-dealkylation sites (N-methyl/N-ethyl adjacent to an activating group) is 2. The zero-order chi connectivity index (χ0) is 13.1. The third kappa shape index (κ3) is 5.68. The Balaban J connectivity index is 0.00000121. The first-order chi connectivity index (χ1) is 8.31. The highest BCUT2D eigenvalue weighted by Gasteiger charge is 2.03. The maximum absolute atomic E-state index is 9.50. The summed E-state index contributed by atoms with van der Waals surface area (Å²) in [6.45, 7) is 7.57. The molecule has 2 nitrogen and oxygen atoms in total. The third-order valence-electron chi connectivity index (χ3n) is 2.70. The number of anilines is 1. The van der Waals surface area contributed by atoms with Gasteiger partial charge in [0.2, 0.25) is 0 Å². The van der Waals surface area contributed by atoms with Crippen molar-refractivity contribution < 1.29 is 4.39 Å². The highest BCUT2D eigenvalue weighted by atomic mass is 19.1. The molecule has 0 aliphatic carbocycles. The molecule has 0 fully saturated rings. The Morgan fingerprint density at radius 3 is 2.47 bits per heavy atom. The molecule has 0 amide bonds. The highest BCUT2D eigenvalue weighted by Crippen LogP contribution is 2.15. The summed E-state index contributed by atoms with van der Waals surface area (Å²) in [7, 11) is 2.50. The molecule has 3 heteroatoms. The van der Waals surface area contributed by atoms with Gasteiger partial charge in [-0.2, -0.15) is 0 Å². The molecular formula is C14H25FN2. The van der Waals surface area contributed by atoms with Crippen LogP contribution in [0.15, 0.2) is 24.3 Å². The van der Waals surface area contributed by atoms with E-state index in [9.17, 15) is 4.39 Å². The Morgan fingerprint density at radius 2 is 1.94 bits per heavy atom. The molecular weight excluding hydrogens is 215 g/mol. The van der Waals surface area contributed by atoms with Gasteiger partial charge >= 0.3 is 0 Å². The molecule has 0 bridgehead atoms. The van der Waals surface area contributed by atoms with E-state index < -0.39 is 0 Å². The Hall–Kier alpha value is -1.09. The molecule has 1 rings (SSSR count). The summed E-state index contributed by atoms with van der Waals surface area (Å²) >= 11 is 0. The van der Waals surface area contributed by atoms with Gasteiger partial charge in [-0.1, -0.05) is 19.1 Å². The van der Waals surface area contributed by atoms with Crippen LogP contribution in [0.25, 0.3) is 0 Å². The molecule has 0 unspecified atom stereocenters. The molecule has 1 N–H and O–H groups in total. The van der Waals surface area contributed by atoms with Crippen molar-refractivity contribution in [3.63, 3.8) is 0 Å². The summed E-state index contributed by atoms with van der Waals surface area (Å²) in [5, 5.41) is 3.19. The summed E-state index contributed by atoms with van der Waals surface area (Å²) < 4.78 is 9.50. The van der Waals surface area contributed by atoms with Gasteiger partial charge in [-0.15, -0.1) is 0 Å². The maximum atomic E-state index is 9.50. The molecule has 1 aromatic rings. The van der Waals surface area contributed by atoms with E-state index in [1.54, 1.807) is 0 Å². The van der Waals surface area contributed by atoms with E-state index in [1.165, 1.54) is 11.3 Å². The minimum atomic E-state index is 0.500. The molecule has 0 spiro atoms. The van der Waals surface area contributed by atoms with Gasteiger partial charge in [0.1, 0.15) is 0 Å². The lowest BCUT2D eigenvalue weighted by Crippen LogP contribution is -2.30. The SMILES string of the molecule is CCc1cccc(N(CC)CCNC)c1.CF. The van der Waals surface area contributed by atoms with Crippen LogP contribution in [0.2, 0.25) is 0 Å². The van der Waals surface area contributed by atoms with Crippen molar-refractivity contribution in [2.45, 2.75) is 20.3 Å². The predicted octanol–water partition coefficient (Wildman–Crippen LogP) is 2.88. The average molecular weight is 240 g/mol. The number of hydrogen-bond acceptors (Lipinski definition) is 2. The van der Waals surface area contributed by atoms with Crippen LogP contribution in [0.4, 0.5) is 10.1 Å². The molecule has 0 saturated carbocycles. The number of halogens is 1. The summed E-state index contributed by atoms with van der Waals surface area (Å²) in [6.07, 6.45) is 1.11. The number of rotatable bonds is 6. The molecule has 0 radical (unpaired) electrons. The van der Waals surface area contributed by atoms with Crippen molar-refractivity contribution in [1.29, 1.82) is 0 Å². The number of nitrogens with zero attached hydrogens (tertiary/aromatic N) is 1. The third-order valence-corrected chi connectivity index (χ3v) is 2.70. The van der Waals surface area contributed by atoms with Crippen LogP contribution in [-0.2, 0) is 6.42 Å². The van der Waals surface area contributed by atoms with Crippen LogP contribution in [0.5, 0.6) is 0 Å². The minimum absolute atomic E-state index is 0.500. The maximum Gasteiger partial charge on any atom is 0.0785 e. The second kappa shape index (κ2) is 10.1. The van der Waals surface area contributed by atoms with Gasteiger partial charge in [0.15, 0.2) is 0 Å². The smallest absolute Gasteiger partial charge is 0.0785 e. The van der Waals surface area contributed by atoms with E-state index in [4.69, 9.17) is 0 Å². The summed E-state index contributed by atoms with van der Waals surface area (Å²) in [4.78, 5) is 2.40. The molecule has 0 atom stereocenters. The molecule has 0 aromatic heterocycles. The van der Waals surface area contributed by atoms with Crippen LogP contribution in [-0.4, -0.2) is 33.9 Å². The van der Waals surface area contributed by atoms with Gasteiger partial charge in [0.05, 0.1) is 7.18 Å². The standard InChI is InChI=1S/C13H22N2.CH3F/c1-4-12-7-6-8-13(11-12)15(5-2)10-9-14-3;1-2/h6-8,11,14H,4-5,9-10H2,1-3H3;1H3. The number of hydrogen-bond donors (Lipinski definition) is 1. The van der Waals surface area contributed by atoms with Crippen LogP contribution < -0.4 is 10.2 Å². The van der Waals surface area contributed by atoms with E-state index in [0.717, 1.165) is 26.1 Å². The van der Waals surface area contributed by atoms with Crippen molar-refractivity contribution in [2.75, 3.05) is 38.8 Å². The number of aryl methyl sites for hydroxylation is 1. The zero-order valence-corrected chi connectivity index (χ0v) is 11.5. The van der Waals surface area contributed by atoms with Gasteiger partial charge in [-0.3, -0.25) is 4.39 Å². The fraction of sp³-hybridized carbons (Fsp3) is 0.571. The molecule has 0 aliphatic rings. The monoisotopic (exact) mass is 240 g/mol. The second-order valence-electron chi connectivity index (χ2n) is 3.71. The fourth-order valence-corrected chi connectivity index (χ4v) is 1.69. The summed E-state index contributed by atoms with van der Waals surface area (Å²) in [6, 6.07) is 8.82. The van der Waals surface area contributed by atoms with Crippen LogP contribution in [0.3, 0.4) is 0 Å². The van der Waals surface area contributed by atoms with Crippen LogP contribution in [0, 0.1) is 0 Å². The van der Waals surface area contributed by atoms with Gasteiger partial charge in [-0.25, -0.2) is 0 Å². The number of nitrogens with one attached hydrogen (secondary N) is 1. The first-order valence-electron chi connectivity index (χ1n) is 6.18. The van der Waals surface area contributed by atoms with E-state index in [2.05, 4.69) is 48.3 Å². The lowest BCUT2D eigenvalue weighted by molar-refractivity contribution is 0.636.